The number of amides is 2. The fourth-order valence-electron chi connectivity index (χ4n) is 2.13. The van der Waals surface area contributed by atoms with Gasteiger partial charge in [-0.25, -0.2) is 4.79 Å². The highest BCUT2D eigenvalue weighted by Gasteiger charge is 2.20. The quantitative estimate of drug-likeness (QED) is 0.859. The Bertz CT molecular complexity index is 479. The van der Waals surface area contributed by atoms with Crippen LogP contribution in [0.5, 0.6) is 0 Å². The number of nitrogens with one attached hydrogen (secondary N) is 1. The van der Waals surface area contributed by atoms with Crippen LogP contribution in [0.2, 0.25) is 0 Å². The van der Waals surface area contributed by atoms with Gasteiger partial charge in [-0.2, -0.15) is 0 Å². The Morgan fingerprint density at radius 2 is 1.75 bits per heavy atom. The predicted molar refractivity (Wildman–Crippen MR) is 74.7 cm³/mol. The van der Waals surface area contributed by atoms with E-state index in [1.165, 1.54) is 0 Å². The molecule has 0 bridgehead atoms. The van der Waals surface area contributed by atoms with Gasteiger partial charge in [0.1, 0.15) is 0 Å². The van der Waals surface area contributed by atoms with Crippen molar-refractivity contribution in [3.05, 3.63) is 35.4 Å². The average molecular weight is 277 g/mol. The van der Waals surface area contributed by atoms with Crippen molar-refractivity contribution in [1.82, 2.24) is 15.1 Å². The number of nitrogens with zero attached hydrogens (tertiary/aromatic N) is 2. The maximum absolute atomic E-state index is 12.3. The smallest absolute Gasteiger partial charge is 0.404 e. The first-order valence-electron chi connectivity index (χ1n) is 6.60. The Kier molecular flexibility index (Phi) is 4.57. The van der Waals surface area contributed by atoms with Gasteiger partial charge in [-0.15, -0.1) is 0 Å². The van der Waals surface area contributed by atoms with Gasteiger partial charge in [0, 0.05) is 38.3 Å². The van der Waals surface area contributed by atoms with E-state index < -0.39 is 6.09 Å². The molecule has 0 spiro atoms. The van der Waals surface area contributed by atoms with E-state index in [1.54, 1.807) is 24.3 Å². The molecule has 6 heteroatoms. The Morgan fingerprint density at radius 3 is 2.30 bits per heavy atom. The van der Waals surface area contributed by atoms with Gasteiger partial charge in [-0.05, 0) is 24.7 Å². The molecule has 2 rings (SSSR count). The molecule has 0 aromatic heterocycles. The number of hydrogen-bond acceptors (Lipinski definition) is 3. The van der Waals surface area contributed by atoms with Crippen LogP contribution in [0, 0.1) is 0 Å². The molecule has 1 heterocycles. The topological polar surface area (TPSA) is 72.9 Å². The van der Waals surface area contributed by atoms with Crippen LogP contribution in [0.4, 0.5) is 4.79 Å². The zero-order valence-corrected chi connectivity index (χ0v) is 11.5. The largest absolute Gasteiger partial charge is 0.465 e. The first-order valence-corrected chi connectivity index (χ1v) is 6.60. The molecule has 2 amide bonds. The summed E-state index contributed by atoms with van der Waals surface area (Å²) in [4.78, 5) is 26.7. The standard InChI is InChI=1S/C14H19N3O3/c1-16-6-8-17(9-7-16)13(18)12-4-2-11(3-5-12)10-15-14(19)20/h2-5,15H,6-10H2,1H3,(H,19,20). The van der Waals surface area contributed by atoms with E-state index in [4.69, 9.17) is 5.11 Å². The summed E-state index contributed by atoms with van der Waals surface area (Å²) >= 11 is 0. The molecule has 0 saturated carbocycles. The van der Waals surface area contributed by atoms with E-state index in [-0.39, 0.29) is 12.5 Å². The predicted octanol–water partition coefficient (Wildman–Crippen LogP) is 0.842. The van der Waals surface area contributed by atoms with Crippen molar-refractivity contribution in [1.29, 1.82) is 0 Å². The zero-order valence-electron chi connectivity index (χ0n) is 11.5. The number of piperazine rings is 1. The molecule has 1 aromatic rings. The van der Waals surface area contributed by atoms with Crippen LogP contribution >= 0.6 is 0 Å². The zero-order chi connectivity index (χ0) is 14.5. The summed E-state index contributed by atoms with van der Waals surface area (Å²) < 4.78 is 0. The normalized spacial score (nSPS) is 15.9. The second-order valence-electron chi connectivity index (χ2n) is 4.95. The third-order valence-electron chi connectivity index (χ3n) is 3.44. The third kappa shape index (κ3) is 3.71. The molecule has 0 aliphatic carbocycles. The molecule has 1 aliphatic rings. The lowest BCUT2D eigenvalue weighted by molar-refractivity contribution is 0.0664. The minimum absolute atomic E-state index is 0.0378. The van der Waals surface area contributed by atoms with Gasteiger partial charge < -0.3 is 20.2 Å². The van der Waals surface area contributed by atoms with E-state index in [0.29, 0.717) is 5.56 Å². The number of hydrogen-bond donors (Lipinski definition) is 2. The lowest BCUT2D eigenvalue weighted by Gasteiger charge is -2.32. The van der Waals surface area contributed by atoms with Crippen LogP contribution in [0.25, 0.3) is 0 Å². The van der Waals surface area contributed by atoms with Crippen LogP contribution < -0.4 is 5.32 Å². The number of carboxylic acid groups (broad SMARTS) is 1. The molecule has 0 atom stereocenters. The Labute approximate surface area is 118 Å². The molecule has 0 unspecified atom stereocenters. The molecular formula is C14H19N3O3. The van der Waals surface area contributed by atoms with Crippen LogP contribution in [0.1, 0.15) is 15.9 Å². The summed E-state index contributed by atoms with van der Waals surface area (Å²) in [5.74, 6) is 0.0378. The van der Waals surface area contributed by atoms with Crippen LogP contribution in [0.15, 0.2) is 24.3 Å². The summed E-state index contributed by atoms with van der Waals surface area (Å²) in [5.41, 5.74) is 1.48. The maximum atomic E-state index is 12.3. The number of carbonyl (C=O) groups is 2. The van der Waals surface area contributed by atoms with E-state index in [9.17, 15) is 9.59 Å². The summed E-state index contributed by atoms with van der Waals surface area (Å²) in [7, 11) is 2.05. The molecule has 20 heavy (non-hydrogen) atoms. The van der Waals surface area contributed by atoms with Crippen LogP contribution in [-0.2, 0) is 6.54 Å². The molecule has 1 aromatic carbocycles. The van der Waals surface area contributed by atoms with Gasteiger partial charge in [-0.1, -0.05) is 12.1 Å². The van der Waals surface area contributed by atoms with Crippen molar-refractivity contribution in [2.75, 3.05) is 33.2 Å². The number of likely N-dealkylation sites (N-methyl/N-ethyl adjacent to an activating group) is 1. The summed E-state index contributed by atoms with van der Waals surface area (Å²) in [6, 6.07) is 7.05. The molecule has 1 saturated heterocycles. The van der Waals surface area contributed by atoms with Crippen LogP contribution in [-0.4, -0.2) is 60.1 Å². The van der Waals surface area contributed by atoms with Gasteiger partial charge in [0.05, 0.1) is 0 Å². The fraction of sp³-hybridized carbons (Fsp3) is 0.429. The second kappa shape index (κ2) is 6.38. The molecule has 0 radical (unpaired) electrons. The maximum Gasteiger partial charge on any atom is 0.404 e. The highest BCUT2D eigenvalue weighted by Crippen LogP contribution is 2.10. The molecule has 6 nitrogen and oxygen atoms in total. The lowest BCUT2D eigenvalue weighted by atomic mass is 10.1. The van der Waals surface area contributed by atoms with Crippen molar-refractivity contribution >= 4 is 12.0 Å². The molecule has 2 N–H and O–H groups in total. The van der Waals surface area contributed by atoms with Gasteiger partial charge >= 0.3 is 6.09 Å². The number of rotatable bonds is 3. The van der Waals surface area contributed by atoms with E-state index in [1.807, 2.05) is 11.9 Å². The monoisotopic (exact) mass is 277 g/mol. The summed E-state index contributed by atoms with van der Waals surface area (Å²) in [5, 5.41) is 10.8. The first-order chi connectivity index (χ1) is 9.56. The minimum Gasteiger partial charge on any atom is -0.465 e. The Balaban J connectivity index is 1.95. The van der Waals surface area contributed by atoms with Crippen molar-refractivity contribution in [2.45, 2.75) is 6.54 Å². The van der Waals surface area contributed by atoms with Crippen molar-refractivity contribution in [2.24, 2.45) is 0 Å². The van der Waals surface area contributed by atoms with E-state index in [2.05, 4.69) is 10.2 Å². The van der Waals surface area contributed by atoms with Gasteiger partial charge in [-0.3, -0.25) is 4.79 Å². The fourth-order valence-corrected chi connectivity index (χ4v) is 2.13. The summed E-state index contributed by atoms with van der Waals surface area (Å²) in [6.45, 7) is 3.53. The highest BCUT2D eigenvalue weighted by molar-refractivity contribution is 5.94. The lowest BCUT2D eigenvalue weighted by Crippen LogP contribution is -2.47. The third-order valence-corrected chi connectivity index (χ3v) is 3.44. The van der Waals surface area contributed by atoms with Gasteiger partial charge in [0.2, 0.25) is 0 Å². The SMILES string of the molecule is CN1CCN(C(=O)c2ccc(CNC(=O)O)cc2)CC1. The van der Waals surface area contributed by atoms with Crippen molar-refractivity contribution in [3.63, 3.8) is 0 Å². The first kappa shape index (κ1) is 14.3. The van der Waals surface area contributed by atoms with Gasteiger partial charge in [0.25, 0.3) is 5.91 Å². The number of carbonyl (C=O) groups excluding carboxylic acids is 1. The Morgan fingerprint density at radius 1 is 1.15 bits per heavy atom. The van der Waals surface area contributed by atoms with E-state index >= 15 is 0 Å². The Hall–Kier alpha value is -2.08. The molecule has 108 valence electrons. The summed E-state index contributed by atoms with van der Waals surface area (Å²) in [6.07, 6.45) is -1.05. The van der Waals surface area contributed by atoms with E-state index in [0.717, 1.165) is 31.7 Å². The average Bonchev–Trinajstić information content (AvgIpc) is 2.46. The number of benzene rings is 1. The van der Waals surface area contributed by atoms with Crippen molar-refractivity contribution in [3.8, 4) is 0 Å². The van der Waals surface area contributed by atoms with Crippen LogP contribution in [0.3, 0.4) is 0 Å². The highest BCUT2D eigenvalue weighted by atomic mass is 16.4. The van der Waals surface area contributed by atoms with Crippen molar-refractivity contribution < 1.29 is 14.7 Å². The molecule has 1 fully saturated rings. The minimum atomic E-state index is -1.05. The van der Waals surface area contributed by atoms with Gasteiger partial charge in [0.15, 0.2) is 0 Å². The second-order valence-corrected chi connectivity index (χ2v) is 4.95. The molecule has 1 aliphatic heterocycles. The molecular weight excluding hydrogens is 258 g/mol.